The Balaban J connectivity index is 2.01. The Morgan fingerprint density at radius 1 is 1.23 bits per heavy atom. The van der Waals surface area contributed by atoms with E-state index in [-0.39, 0.29) is 23.0 Å². The number of carbonyl (C=O) groups is 3. The first-order chi connectivity index (χ1) is 14.1. The Morgan fingerprint density at radius 3 is 2.47 bits per heavy atom. The molecule has 12 heteroatoms. The molecule has 164 valence electrons. The van der Waals surface area contributed by atoms with Crippen LogP contribution in [-0.2, 0) is 18.9 Å². The Bertz CT molecular complexity index is 805. The maximum atomic E-state index is 12.4. The highest BCUT2D eigenvalue weighted by molar-refractivity contribution is 6.51. The van der Waals surface area contributed by atoms with Gasteiger partial charge in [-0.15, -0.1) is 0 Å². The molecule has 1 heterocycles. The van der Waals surface area contributed by atoms with E-state index in [9.17, 15) is 24.6 Å². The number of hydrogen-bond acceptors (Lipinski definition) is 7. The van der Waals surface area contributed by atoms with Crippen molar-refractivity contribution in [1.82, 2.24) is 10.6 Å². The van der Waals surface area contributed by atoms with Crippen molar-refractivity contribution in [2.45, 2.75) is 31.8 Å². The average Bonchev–Trinajstić information content (AvgIpc) is 3.04. The largest absolute Gasteiger partial charge is 0.552 e. The summed E-state index contributed by atoms with van der Waals surface area (Å²) in [6.45, 7) is 1.88. The summed E-state index contributed by atoms with van der Waals surface area (Å²) in [7, 11) is -1.19. The third-order valence-corrected chi connectivity index (χ3v) is 5.00. The first kappa shape index (κ1) is 24.4. The predicted octanol–water partition coefficient (Wildman–Crippen LogP) is 0.578. The van der Waals surface area contributed by atoms with Gasteiger partial charge in [0.25, 0.3) is 5.91 Å². The quantitative estimate of drug-likeness (QED) is 0.396. The van der Waals surface area contributed by atoms with E-state index in [1.165, 1.54) is 18.2 Å². The molecule has 0 aromatic heterocycles. The van der Waals surface area contributed by atoms with E-state index in [0.29, 0.717) is 11.4 Å². The van der Waals surface area contributed by atoms with Gasteiger partial charge in [0.1, 0.15) is 0 Å². The molecule has 0 radical (unpaired) electrons. The van der Waals surface area contributed by atoms with E-state index in [4.69, 9.17) is 32.5 Å². The molecule has 1 aromatic carbocycles. The van der Waals surface area contributed by atoms with Gasteiger partial charge < -0.3 is 30.2 Å². The Morgan fingerprint density at radius 2 is 1.90 bits per heavy atom. The van der Waals surface area contributed by atoms with Crippen molar-refractivity contribution in [1.29, 1.82) is 0 Å². The van der Waals surface area contributed by atoms with Crippen molar-refractivity contribution >= 4 is 48.1 Å². The molecule has 0 unspecified atom stereocenters. The summed E-state index contributed by atoms with van der Waals surface area (Å²) in [6, 6.07) is 4.39. The second-order valence-electron chi connectivity index (χ2n) is 7.31. The molecule has 2 amide bonds. The normalized spacial score (nSPS) is 16.4. The fourth-order valence-corrected chi connectivity index (χ4v) is 3.23. The molecule has 1 aliphatic heterocycles. The van der Waals surface area contributed by atoms with Crippen LogP contribution in [0.4, 0.5) is 0 Å². The lowest BCUT2D eigenvalue weighted by atomic mass is 9.74. The topological polar surface area (TPSA) is 134 Å². The van der Waals surface area contributed by atoms with E-state index >= 15 is 0 Å². The fourth-order valence-electron chi connectivity index (χ4n) is 2.86. The van der Waals surface area contributed by atoms with E-state index in [2.05, 4.69) is 10.6 Å². The Labute approximate surface area is 184 Å². The van der Waals surface area contributed by atoms with E-state index in [0.717, 1.165) is 0 Å². The minimum absolute atomic E-state index is 0.0933. The summed E-state index contributed by atoms with van der Waals surface area (Å²) in [5.74, 6) is -2.72. The number of rotatable bonds is 9. The van der Waals surface area contributed by atoms with Gasteiger partial charge in [0.05, 0.1) is 36.3 Å². The summed E-state index contributed by atoms with van der Waals surface area (Å²) in [4.78, 5) is 36.7. The lowest BCUT2D eigenvalue weighted by molar-refractivity contribution is -0.149. The zero-order chi connectivity index (χ0) is 22.5. The Kier molecular flexibility index (Phi) is 8.51. The lowest BCUT2D eigenvalue weighted by Crippen LogP contribution is -2.52. The van der Waals surface area contributed by atoms with Crippen LogP contribution in [0.2, 0.25) is 10.0 Å². The van der Waals surface area contributed by atoms with Crippen LogP contribution in [0.15, 0.2) is 18.2 Å². The maximum Gasteiger partial charge on any atom is 0.552 e. The van der Waals surface area contributed by atoms with Crippen molar-refractivity contribution in [2.24, 2.45) is 5.92 Å². The molecule has 1 aromatic rings. The third-order valence-electron chi connectivity index (χ3n) is 4.43. The summed E-state index contributed by atoms with van der Waals surface area (Å²) in [6.07, 6.45) is 0.380. The molecule has 1 atom stereocenters. The molecule has 0 aliphatic carbocycles. The maximum absolute atomic E-state index is 12.4. The SMILES string of the molecule is CC(C)C[C@H](NC(=O)CNC(=O)c1cc(Cl)ccc1Cl)B1OC(=O)C(CO)(CO)O1. The average molecular weight is 461 g/mol. The van der Waals surface area contributed by atoms with Crippen molar-refractivity contribution in [3.05, 3.63) is 33.8 Å². The summed E-state index contributed by atoms with van der Waals surface area (Å²) in [5.41, 5.74) is -1.75. The zero-order valence-corrected chi connectivity index (χ0v) is 18.0. The first-order valence-corrected chi connectivity index (χ1v) is 10.0. The van der Waals surface area contributed by atoms with Crippen LogP contribution in [0.5, 0.6) is 0 Å². The second kappa shape index (κ2) is 10.5. The third kappa shape index (κ3) is 5.86. The molecule has 0 bridgehead atoms. The number of aliphatic hydroxyl groups is 2. The number of hydrogen-bond donors (Lipinski definition) is 4. The number of carbonyl (C=O) groups excluding carboxylic acids is 3. The van der Waals surface area contributed by atoms with Gasteiger partial charge in [0, 0.05) is 5.02 Å². The van der Waals surface area contributed by atoms with E-state index < -0.39 is 49.7 Å². The number of nitrogens with one attached hydrogen (secondary N) is 2. The predicted molar refractivity (Wildman–Crippen MR) is 110 cm³/mol. The van der Waals surface area contributed by atoms with Crippen LogP contribution in [0.3, 0.4) is 0 Å². The van der Waals surface area contributed by atoms with Crippen LogP contribution in [0, 0.1) is 5.92 Å². The molecule has 0 spiro atoms. The van der Waals surface area contributed by atoms with Crippen molar-refractivity contribution < 1.29 is 33.9 Å². The second-order valence-corrected chi connectivity index (χ2v) is 8.16. The van der Waals surface area contributed by atoms with Crippen LogP contribution >= 0.6 is 23.2 Å². The van der Waals surface area contributed by atoms with Crippen LogP contribution in [0.25, 0.3) is 0 Å². The number of amides is 2. The Hall–Kier alpha value is -1.85. The standard InChI is InChI=1S/C18H23BCl2N2O7/c1-10(2)5-14(19-29-17(28)18(8-24,9-25)30-19)23-15(26)7-22-16(27)12-6-11(20)3-4-13(12)21/h3-4,6,10,14,24-25H,5,7-9H2,1-2H3,(H,22,27)(H,23,26)/t14-/m0/s1. The molecular weight excluding hydrogens is 438 g/mol. The first-order valence-electron chi connectivity index (χ1n) is 9.25. The molecule has 1 fully saturated rings. The van der Waals surface area contributed by atoms with Gasteiger partial charge in [0.15, 0.2) is 5.60 Å². The highest BCUT2D eigenvalue weighted by atomic mass is 35.5. The molecule has 4 N–H and O–H groups in total. The van der Waals surface area contributed by atoms with Gasteiger partial charge in [0.2, 0.25) is 5.91 Å². The van der Waals surface area contributed by atoms with Gasteiger partial charge in [-0.25, -0.2) is 0 Å². The molecule has 30 heavy (non-hydrogen) atoms. The number of halogens is 2. The van der Waals surface area contributed by atoms with E-state index in [1.807, 2.05) is 13.8 Å². The van der Waals surface area contributed by atoms with Gasteiger partial charge in [-0.3, -0.25) is 14.4 Å². The molecular formula is C18H23BCl2N2O7. The summed E-state index contributed by atoms with van der Waals surface area (Å²) in [5, 5.41) is 24.4. The van der Waals surface area contributed by atoms with Crippen LogP contribution in [0.1, 0.15) is 30.6 Å². The molecule has 0 saturated carbocycles. The van der Waals surface area contributed by atoms with Crippen LogP contribution < -0.4 is 10.6 Å². The fraction of sp³-hybridized carbons (Fsp3) is 0.500. The molecule has 1 aliphatic rings. The van der Waals surface area contributed by atoms with Gasteiger partial charge in [-0.1, -0.05) is 37.0 Å². The highest BCUT2D eigenvalue weighted by Gasteiger charge is 2.55. The smallest absolute Gasteiger partial charge is 0.506 e. The van der Waals surface area contributed by atoms with Gasteiger partial charge in [-0.2, -0.15) is 0 Å². The molecule has 9 nitrogen and oxygen atoms in total. The molecule has 2 rings (SSSR count). The summed E-state index contributed by atoms with van der Waals surface area (Å²) < 4.78 is 10.6. The zero-order valence-electron chi connectivity index (χ0n) is 16.5. The monoisotopic (exact) mass is 460 g/mol. The van der Waals surface area contributed by atoms with E-state index in [1.54, 1.807) is 0 Å². The van der Waals surface area contributed by atoms with Crippen molar-refractivity contribution in [2.75, 3.05) is 19.8 Å². The molecule has 1 saturated heterocycles. The lowest BCUT2D eigenvalue weighted by Gasteiger charge is -2.23. The number of aliphatic hydroxyl groups excluding tert-OH is 2. The number of benzene rings is 1. The van der Waals surface area contributed by atoms with Gasteiger partial charge in [-0.05, 0) is 30.5 Å². The summed E-state index contributed by atoms with van der Waals surface area (Å²) >= 11 is 11.8. The minimum atomic E-state index is -1.87. The van der Waals surface area contributed by atoms with Crippen molar-refractivity contribution in [3.8, 4) is 0 Å². The van der Waals surface area contributed by atoms with Crippen molar-refractivity contribution in [3.63, 3.8) is 0 Å². The van der Waals surface area contributed by atoms with Crippen LogP contribution in [-0.4, -0.2) is 66.4 Å². The van der Waals surface area contributed by atoms with Gasteiger partial charge >= 0.3 is 13.1 Å². The minimum Gasteiger partial charge on any atom is -0.506 e. The highest BCUT2D eigenvalue weighted by Crippen LogP contribution is 2.25.